The molecule has 0 aliphatic carbocycles. The molecule has 0 amide bonds. The van der Waals surface area contributed by atoms with Crippen LogP contribution >= 0.6 is 0 Å². The number of methoxy groups -OCH3 is 1. The summed E-state index contributed by atoms with van der Waals surface area (Å²) in [5.74, 6) is -0.658. The number of phenolic OH excluding ortho intramolecular Hbond substituents is 1. The molecule has 2 unspecified atom stereocenters. The second-order valence-corrected chi connectivity index (χ2v) is 4.77. The molecule has 0 saturated carbocycles. The Bertz CT molecular complexity index is 487. The minimum Gasteiger partial charge on any atom is -0.504 e. The van der Waals surface area contributed by atoms with Gasteiger partial charge in [-0.2, -0.15) is 0 Å². The van der Waals surface area contributed by atoms with Gasteiger partial charge in [0.1, 0.15) is 0 Å². The molecule has 1 heterocycles. The number of aryl methyl sites for hydroxylation is 1. The van der Waals surface area contributed by atoms with E-state index in [1.165, 1.54) is 7.11 Å². The third-order valence-electron chi connectivity index (χ3n) is 3.70. The van der Waals surface area contributed by atoms with Gasteiger partial charge in [0.25, 0.3) is 0 Å². The topological polar surface area (TPSA) is 78.8 Å². The summed E-state index contributed by atoms with van der Waals surface area (Å²) in [5, 5.41) is 22.5. The van der Waals surface area contributed by atoms with Gasteiger partial charge in [-0.1, -0.05) is 13.0 Å². The molecule has 1 aliphatic heterocycles. The van der Waals surface area contributed by atoms with Gasteiger partial charge in [-0.25, -0.2) is 0 Å². The predicted octanol–water partition coefficient (Wildman–Crippen LogP) is 1.70. The first kappa shape index (κ1) is 13.7. The Labute approximate surface area is 112 Å². The molecule has 2 rings (SSSR count). The summed E-state index contributed by atoms with van der Waals surface area (Å²) < 4.78 is 5.12. The lowest BCUT2D eigenvalue weighted by Gasteiger charge is -2.18. The van der Waals surface area contributed by atoms with Gasteiger partial charge < -0.3 is 20.3 Å². The van der Waals surface area contributed by atoms with E-state index in [0.717, 1.165) is 17.5 Å². The Kier molecular flexibility index (Phi) is 3.95. The van der Waals surface area contributed by atoms with Crippen LogP contribution in [0.1, 0.15) is 30.5 Å². The number of carboxylic acids is 1. The first-order chi connectivity index (χ1) is 9.08. The highest BCUT2D eigenvalue weighted by Gasteiger charge is 2.33. The van der Waals surface area contributed by atoms with Gasteiger partial charge in [0.05, 0.1) is 13.0 Å². The number of ether oxygens (including phenoxy) is 1. The molecule has 0 bridgehead atoms. The van der Waals surface area contributed by atoms with Crippen LogP contribution in [0.25, 0.3) is 0 Å². The van der Waals surface area contributed by atoms with Crippen molar-refractivity contribution in [3.8, 4) is 11.5 Å². The Morgan fingerprint density at radius 1 is 1.53 bits per heavy atom. The summed E-state index contributed by atoms with van der Waals surface area (Å²) in [5.41, 5.74) is 1.78. The van der Waals surface area contributed by atoms with Crippen molar-refractivity contribution in [2.45, 2.75) is 25.8 Å². The van der Waals surface area contributed by atoms with Crippen molar-refractivity contribution in [1.82, 2.24) is 5.32 Å². The van der Waals surface area contributed by atoms with E-state index in [2.05, 4.69) is 5.32 Å². The standard InChI is InChI=1S/C14H19NO4/c1-3-8-4-5-11(19-2)13(16)12(8)10-6-9(7-15-10)14(17)18/h4-5,9-10,15-16H,3,6-7H2,1-2H3,(H,17,18). The summed E-state index contributed by atoms with van der Waals surface area (Å²) >= 11 is 0. The third-order valence-corrected chi connectivity index (χ3v) is 3.70. The zero-order valence-electron chi connectivity index (χ0n) is 11.1. The van der Waals surface area contributed by atoms with E-state index in [0.29, 0.717) is 18.7 Å². The zero-order valence-corrected chi connectivity index (χ0v) is 11.1. The van der Waals surface area contributed by atoms with Crippen LogP contribution < -0.4 is 10.1 Å². The number of nitrogens with one attached hydrogen (secondary N) is 1. The van der Waals surface area contributed by atoms with Crippen LogP contribution in [0.2, 0.25) is 0 Å². The third kappa shape index (κ3) is 2.51. The average molecular weight is 265 g/mol. The maximum Gasteiger partial charge on any atom is 0.307 e. The number of aromatic hydroxyl groups is 1. The maximum absolute atomic E-state index is 11.0. The van der Waals surface area contributed by atoms with Crippen LogP contribution in [0.5, 0.6) is 11.5 Å². The lowest BCUT2D eigenvalue weighted by molar-refractivity contribution is -0.141. The van der Waals surface area contributed by atoms with E-state index in [1.54, 1.807) is 6.07 Å². The lowest BCUT2D eigenvalue weighted by Crippen LogP contribution is -2.18. The predicted molar refractivity (Wildman–Crippen MR) is 70.5 cm³/mol. The van der Waals surface area contributed by atoms with Crippen LogP contribution in [-0.2, 0) is 11.2 Å². The molecular formula is C14H19NO4. The number of rotatable bonds is 4. The largest absolute Gasteiger partial charge is 0.504 e. The molecule has 1 saturated heterocycles. The highest BCUT2D eigenvalue weighted by Crippen LogP contribution is 2.40. The molecule has 0 aromatic heterocycles. The number of aliphatic carboxylic acids is 1. The molecule has 5 heteroatoms. The minimum atomic E-state index is -0.796. The lowest BCUT2D eigenvalue weighted by atomic mass is 9.93. The molecule has 1 fully saturated rings. The fraction of sp³-hybridized carbons (Fsp3) is 0.500. The molecule has 0 spiro atoms. The summed E-state index contributed by atoms with van der Waals surface area (Å²) in [6.07, 6.45) is 1.27. The molecule has 19 heavy (non-hydrogen) atoms. The van der Waals surface area contributed by atoms with Gasteiger partial charge >= 0.3 is 5.97 Å². The molecule has 104 valence electrons. The second-order valence-electron chi connectivity index (χ2n) is 4.77. The fourth-order valence-electron chi connectivity index (χ4n) is 2.64. The van der Waals surface area contributed by atoms with Gasteiger partial charge in [0.15, 0.2) is 11.5 Å². The van der Waals surface area contributed by atoms with Gasteiger partial charge in [0.2, 0.25) is 0 Å². The highest BCUT2D eigenvalue weighted by atomic mass is 16.5. The van der Waals surface area contributed by atoms with Crippen LogP contribution in [0.15, 0.2) is 12.1 Å². The molecule has 5 nitrogen and oxygen atoms in total. The van der Waals surface area contributed by atoms with E-state index >= 15 is 0 Å². The Hall–Kier alpha value is -1.75. The van der Waals surface area contributed by atoms with Crippen molar-refractivity contribution in [2.24, 2.45) is 5.92 Å². The number of hydrogen-bond donors (Lipinski definition) is 3. The second kappa shape index (κ2) is 5.48. The number of phenols is 1. The molecule has 1 aliphatic rings. The molecule has 1 aromatic carbocycles. The molecule has 2 atom stereocenters. The van der Waals surface area contributed by atoms with Crippen molar-refractivity contribution in [3.05, 3.63) is 23.3 Å². The van der Waals surface area contributed by atoms with E-state index in [-0.39, 0.29) is 11.8 Å². The average Bonchev–Trinajstić information content (AvgIpc) is 2.87. The summed E-state index contributed by atoms with van der Waals surface area (Å²) in [6, 6.07) is 3.52. The van der Waals surface area contributed by atoms with Crippen LogP contribution in [0, 0.1) is 5.92 Å². The SMILES string of the molecule is CCc1ccc(OC)c(O)c1C1CC(C(=O)O)CN1. The molecule has 0 radical (unpaired) electrons. The molecule has 3 N–H and O–H groups in total. The van der Waals surface area contributed by atoms with E-state index < -0.39 is 11.9 Å². The number of carboxylic acid groups (broad SMARTS) is 1. The number of hydrogen-bond acceptors (Lipinski definition) is 4. The van der Waals surface area contributed by atoms with Crippen molar-refractivity contribution >= 4 is 5.97 Å². The number of benzene rings is 1. The Morgan fingerprint density at radius 3 is 2.79 bits per heavy atom. The normalized spacial score (nSPS) is 22.4. The van der Waals surface area contributed by atoms with E-state index in [1.807, 2.05) is 13.0 Å². The van der Waals surface area contributed by atoms with Gasteiger partial charge in [0, 0.05) is 18.2 Å². The van der Waals surface area contributed by atoms with E-state index in [4.69, 9.17) is 9.84 Å². The van der Waals surface area contributed by atoms with Crippen molar-refractivity contribution < 1.29 is 19.7 Å². The van der Waals surface area contributed by atoms with Gasteiger partial charge in [-0.3, -0.25) is 4.79 Å². The van der Waals surface area contributed by atoms with Crippen LogP contribution in [-0.4, -0.2) is 29.8 Å². The number of carbonyl (C=O) groups is 1. The van der Waals surface area contributed by atoms with Gasteiger partial charge in [-0.15, -0.1) is 0 Å². The first-order valence-corrected chi connectivity index (χ1v) is 6.43. The Balaban J connectivity index is 2.36. The maximum atomic E-state index is 11.0. The van der Waals surface area contributed by atoms with Gasteiger partial charge in [-0.05, 0) is 24.5 Å². The molecular weight excluding hydrogens is 246 g/mol. The molecule has 1 aromatic rings. The minimum absolute atomic E-state index is 0.116. The Morgan fingerprint density at radius 2 is 2.26 bits per heavy atom. The summed E-state index contributed by atoms with van der Waals surface area (Å²) in [6.45, 7) is 2.44. The summed E-state index contributed by atoms with van der Waals surface area (Å²) in [7, 11) is 1.51. The summed E-state index contributed by atoms with van der Waals surface area (Å²) in [4.78, 5) is 11.0. The quantitative estimate of drug-likeness (QED) is 0.772. The van der Waals surface area contributed by atoms with Crippen molar-refractivity contribution in [2.75, 3.05) is 13.7 Å². The van der Waals surface area contributed by atoms with Crippen LogP contribution in [0.4, 0.5) is 0 Å². The fourth-order valence-corrected chi connectivity index (χ4v) is 2.64. The van der Waals surface area contributed by atoms with Crippen molar-refractivity contribution in [1.29, 1.82) is 0 Å². The first-order valence-electron chi connectivity index (χ1n) is 6.43. The van der Waals surface area contributed by atoms with Crippen molar-refractivity contribution in [3.63, 3.8) is 0 Å². The smallest absolute Gasteiger partial charge is 0.307 e. The highest BCUT2D eigenvalue weighted by molar-refractivity contribution is 5.71. The zero-order chi connectivity index (χ0) is 14.0. The van der Waals surface area contributed by atoms with E-state index in [9.17, 15) is 9.90 Å². The monoisotopic (exact) mass is 265 g/mol. The van der Waals surface area contributed by atoms with Crippen LogP contribution in [0.3, 0.4) is 0 Å².